The number of benzene rings is 1. The predicted octanol–water partition coefficient (Wildman–Crippen LogP) is 2.48. The van der Waals surface area contributed by atoms with Crippen molar-refractivity contribution in [3.05, 3.63) is 48.2 Å². The van der Waals surface area contributed by atoms with E-state index in [0.29, 0.717) is 0 Å². The minimum absolute atomic E-state index is 0.141. The molecule has 1 aromatic heterocycles. The molecule has 4 heteroatoms. The quantitative estimate of drug-likeness (QED) is 0.878. The Kier molecular flexibility index (Phi) is 4.38. The van der Waals surface area contributed by atoms with Crippen molar-refractivity contribution < 1.29 is 9.90 Å². The second kappa shape index (κ2) is 6.06. The zero-order valence-corrected chi connectivity index (χ0v) is 12.6. The molecule has 0 spiro atoms. The van der Waals surface area contributed by atoms with Crippen LogP contribution in [-0.4, -0.2) is 40.1 Å². The van der Waals surface area contributed by atoms with Crippen LogP contribution in [-0.2, 0) is 4.79 Å². The van der Waals surface area contributed by atoms with Gasteiger partial charge in [0.2, 0.25) is 5.91 Å². The third-order valence-electron chi connectivity index (χ3n) is 3.09. The summed E-state index contributed by atoms with van der Waals surface area (Å²) in [7, 11) is 1.68. The summed E-state index contributed by atoms with van der Waals surface area (Å²) in [5.41, 5.74) is 0.948. The number of carbonyl (C=O) groups is 1. The van der Waals surface area contributed by atoms with Crippen LogP contribution in [0.4, 0.5) is 0 Å². The molecular formula is C17H20N2O2. The van der Waals surface area contributed by atoms with Crippen LogP contribution in [0.1, 0.15) is 19.4 Å². The Bertz CT molecular complexity index is 667. The molecule has 0 unspecified atom stereocenters. The van der Waals surface area contributed by atoms with Gasteiger partial charge in [0.05, 0.1) is 11.1 Å². The number of hydrogen-bond acceptors (Lipinski definition) is 3. The molecule has 1 aromatic carbocycles. The van der Waals surface area contributed by atoms with E-state index in [4.69, 9.17) is 0 Å². The van der Waals surface area contributed by atoms with Crippen LogP contribution < -0.4 is 0 Å². The van der Waals surface area contributed by atoms with Crippen LogP contribution in [0.2, 0.25) is 0 Å². The largest absolute Gasteiger partial charge is 0.389 e. The molecule has 0 bridgehead atoms. The van der Waals surface area contributed by atoms with Gasteiger partial charge in [-0.1, -0.05) is 18.2 Å². The van der Waals surface area contributed by atoms with Gasteiger partial charge in [-0.05, 0) is 37.6 Å². The predicted molar refractivity (Wildman–Crippen MR) is 84.7 cm³/mol. The first-order valence-electron chi connectivity index (χ1n) is 6.86. The number of para-hydroxylation sites is 1. The zero-order chi connectivity index (χ0) is 15.5. The number of carbonyl (C=O) groups excluding carboxylic acids is 1. The first kappa shape index (κ1) is 15.2. The van der Waals surface area contributed by atoms with E-state index >= 15 is 0 Å². The highest BCUT2D eigenvalue weighted by Crippen LogP contribution is 2.17. The van der Waals surface area contributed by atoms with Crippen LogP contribution in [0.3, 0.4) is 0 Å². The number of likely N-dealkylation sites (N-methyl/N-ethyl adjacent to an activating group) is 1. The van der Waals surface area contributed by atoms with E-state index in [2.05, 4.69) is 4.98 Å². The molecule has 0 saturated carbocycles. The molecular weight excluding hydrogens is 264 g/mol. The number of nitrogens with zero attached hydrogens (tertiary/aromatic N) is 2. The lowest BCUT2D eigenvalue weighted by Gasteiger charge is -2.24. The first-order chi connectivity index (χ1) is 9.87. The van der Waals surface area contributed by atoms with Crippen LogP contribution in [0.25, 0.3) is 17.0 Å². The Morgan fingerprint density at radius 3 is 2.76 bits per heavy atom. The Hall–Kier alpha value is -2.20. The monoisotopic (exact) mass is 284 g/mol. The van der Waals surface area contributed by atoms with E-state index < -0.39 is 5.60 Å². The van der Waals surface area contributed by atoms with Gasteiger partial charge in [0, 0.05) is 31.3 Å². The molecule has 0 radical (unpaired) electrons. The molecule has 0 fully saturated rings. The van der Waals surface area contributed by atoms with Gasteiger partial charge in [-0.25, -0.2) is 0 Å². The Balaban J connectivity index is 2.18. The van der Waals surface area contributed by atoms with Gasteiger partial charge >= 0.3 is 0 Å². The molecule has 0 aliphatic rings. The summed E-state index contributed by atoms with van der Waals surface area (Å²) in [6, 6.07) is 9.68. The smallest absolute Gasteiger partial charge is 0.246 e. The maximum Gasteiger partial charge on any atom is 0.246 e. The number of amides is 1. The van der Waals surface area contributed by atoms with E-state index in [9.17, 15) is 9.90 Å². The number of pyridine rings is 1. The second-order valence-electron chi connectivity index (χ2n) is 5.76. The van der Waals surface area contributed by atoms with Crippen molar-refractivity contribution in [3.63, 3.8) is 0 Å². The summed E-state index contributed by atoms with van der Waals surface area (Å²) < 4.78 is 0. The van der Waals surface area contributed by atoms with Crippen LogP contribution >= 0.6 is 0 Å². The van der Waals surface area contributed by atoms with Gasteiger partial charge in [0.1, 0.15) is 0 Å². The van der Waals surface area contributed by atoms with Gasteiger partial charge in [0.15, 0.2) is 0 Å². The van der Waals surface area contributed by atoms with Crippen molar-refractivity contribution in [2.24, 2.45) is 0 Å². The van der Waals surface area contributed by atoms with Crippen molar-refractivity contribution in [1.29, 1.82) is 0 Å². The highest BCUT2D eigenvalue weighted by molar-refractivity contribution is 5.95. The molecule has 2 aromatic rings. The molecule has 0 atom stereocenters. The summed E-state index contributed by atoms with van der Waals surface area (Å²) >= 11 is 0. The summed E-state index contributed by atoms with van der Waals surface area (Å²) in [4.78, 5) is 17.8. The summed E-state index contributed by atoms with van der Waals surface area (Å²) in [6.45, 7) is 3.64. The minimum atomic E-state index is -0.901. The van der Waals surface area contributed by atoms with Crippen LogP contribution in [0, 0.1) is 0 Å². The van der Waals surface area contributed by atoms with E-state index in [-0.39, 0.29) is 12.5 Å². The third-order valence-corrected chi connectivity index (χ3v) is 3.09. The maximum atomic E-state index is 12.0. The first-order valence-corrected chi connectivity index (χ1v) is 6.86. The molecule has 0 saturated heterocycles. The maximum absolute atomic E-state index is 12.0. The molecule has 2 rings (SSSR count). The zero-order valence-electron chi connectivity index (χ0n) is 12.6. The average Bonchev–Trinajstić information content (AvgIpc) is 2.42. The highest BCUT2D eigenvalue weighted by Gasteiger charge is 2.17. The van der Waals surface area contributed by atoms with E-state index in [1.54, 1.807) is 33.2 Å². The van der Waals surface area contributed by atoms with Gasteiger partial charge in [-0.15, -0.1) is 0 Å². The highest BCUT2D eigenvalue weighted by atomic mass is 16.3. The van der Waals surface area contributed by atoms with Gasteiger partial charge in [0.25, 0.3) is 0 Å². The Morgan fingerprint density at radius 2 is 2.05 bits per heavy atom. The van der Waals surface area contributed by atoms with Gasteiger partial charge in [-0.3, -0.25) is 9.78 Å². The molecule has 0 aliphatic carbocycles. The molecule has 110 valence electrons. The fraction of sp³-hybridized carbons (Fsp3) is 0.294. The number of fused-ring (bicyclic) bond motifs is 1. The lowest BCUT2D eigenvalue weighted by atomic mass is 10.1. The minimum Gasteiger partial charge on any atom is -0.389 e. The number of aromatic nitrogens is 1. The molecule has 1 amide bonds. The van der Waals surface area contributed by atoms with Crippen molar-refractivity contribution in [2.75, 3.05) is 13.6 Å². The van der Waals surface area contributed by atoms with E-state index in [1.165, 1.54) is 11.0 Å². The van der Waals surface area contributed by atoms with Crippen LogP contribution in [0.15, 0.2) is 42.6 Å². The molecule has 1 heterocycles. The van der Waals surface area contributed by atoms with E-state index in [1.807, 2.05) is 30.3 Å². The number of aliphatic hydroxyl groups is 1. The lowest BCUT2D eigenvalue weighted by Crippen LogP contribution is -2.38. The molecule has 1 N–H and O–H groups in total. The SMILES string of the molecule is CN(CC(C)(C)O)C(=O)/C=C/c1ccnc2ccccc12. The van der Waals surface area contributed by atoms with Crippen molar-refractivity contribution in [3.8, 4) is 0 Å². The van der Waals surface area contributed by atoms with E-state index in [0.717, 1.165) is 16.5 Å². The fourth-order valence-electron chi connectivity index (χ4n) is 2.21. The summed E-state index contributed by atoms with van der Waals surface area (Å²) in [6.07, 6.45) is 5.04. The normalized spacial score (nSPS) is 12.0. The standard InChI is InChI=1S/C17H20N2O2/c1-17(2,21)12-19(3)16(20)9-8-13-10-11-18-15-7-5-4-6-14(13)15/h4-11,21H,12H2,1-3H3/b9-8+. The topological polar surface area (TPSA) is 53.4 Å². The fourth-order valence-corrected chi connectivity index (χ4v) is 2.21. The van der Waals surface area contributed by atoms with Gasteiger partial charge in [-0.2, -0.15) is 0 Å². The van der Waals surface area contributed by atoms with Crippen LogP contribution in [0.5, 0.6) is 0 Å². The Labute approximate surface area is 124 Å². The molecule has 0 aliphatic heterocycles. The van der Waals surface area contributed by atoms with Crippen molar-refractivity contribution in [1.82, 2.24) is 9.88 Å². The number of hydrogen-bond donors (Lipinski definition) is 1. The lowest BCUT2D eigenvalue weighted by molar-refractivity contribution is -0.127. The second-order valence-corrected chi connectivity index (χ2v) is 5.76. The molecule has 4 nitrogen and oxygen atoms in total. The average molecular weight is 284 g/mol. The Morgan fingerprint density at radius 1 is 1.33 bits per heavy atom. The summed E-state index contributed by atoms with van der Waals surface area (Å²) in [5.74, 6) is -0.141. The van der Waals surface area contributed by atoms with Crippen molar-refractivity contribution in [2.45, 2.75) is 19.4 Å². The summed E-state index contributed by atoms with van der Waals surface area (Å²) in [5, 5.41) is 10.7. The number of rotatable bonds is 4. The van der Waals surface area contributed by atoms with Gasteiger partial charge < -0.3 is 10.0 Å². The third kappa shape index (κ3) is 4.13. The van der Waals surface area contributed by atoms with Crippen molar-refractivity contribution >= 4 is 22.9 Å². The molecule has 21 heavy (non-hydrogen) atoms.